The molecule has 3 aromatic rings. The van der Waals surface area contributed by atoms with Gasteiger partial charge in [0.2, 0.25) is 0 Å². The average molecular weight is 393 g/mol. The Labute approximate surface area is 170 Å². The number of nitrogens with one attached hydrogen (secondary N) is 1. The molecule has 0 spiro atoms. The van der Waals surface area contributed by atoms with E-state index >= 15 is 0 Å². The van der Waals surface area contributed by atoms with Gasteiger partial charge in [0.1, 0.15) is 11.6 Å². The van der Waals surface area contributed by atoms with Crippen LogP contribution in [0.15, 0.2) is 41.3 Å². The fourth-order valence-corrected chi connectivity index (χ4v) is 4.06. The van der Waals surface area contributed by atoms with Crippen molar-refractivity contribution in [3.63, 3.8) is 0 Å². The third-order valence-corrected chi connectivity index (χ3v) is 5.59. The Balaban J connectivity index is 1.79. The Bertz CT molecular complexity index is 1050. The number of aryl methyl sites for hydroxylation is 1. The fourth-order valence-electron chi connectivity index (χ4n) is 4.06. The number of benzene rings is 1. The van der Waals surface area contributed by atoms with E-state index < -0.39 is 0 Å². The molecular formula is C22H27N5O2. The molecule has 7 heteroatoms. The minimum absolute atomic E-state index is 0.141. The van der Waals surface area contributed by atoms with Crippen molar-refractivity contribution in [2.24, 2.45) is 0 Å². The third kappa shape index (κ3) is 3.70. The van der Waals surface area contributed by atoms with E-state index in [9.17, 15) is 4.79 Å². The average Bonchev–Trinajstić information content (AvgIpc) is 3.08. The molecule has 1 saturated heterocycles. The predicted octanol–water partition coefficient (Wildman–Crippen LogP) is 2.57. The summed E-state index contributed by atoms with van der Waals surface area (Å²) < 4.78 is 8.79. The highest BCUT2D eigenvalue weighted by atomic mass is 16.5. The zero-order valence-corrected chi connectivity index (χ0v) is 17.2. The lowest BCUT2D eigenvalue weighted by molar-refractivity contribution is 0.406. The highest BCUT2D eigenvalue weighted by Crippen LogP contribution is 2.25. The van der Waals surface area contributed by atoms with Gasteiger partial charge in [0, 0.05) is 29.8 Å². The predicted molar refractivity (Wildman–Crippen MR) is 112 cm³/mol. The lowest BCUT2D eigenvalue weighted by Gasteiger charge is -2.22. The minimum atomic E-state index is -0.141. The van der Waals surface area contributed by atoms with Crippen molar-refractivity contribution in [2.45, 2.75) is 39.2 Å². The number of para-hydroxylation sites is 1. The zero-order chi connectivity index (χ0) is 20.4. The van der Waals surface area contributed by atoms with Gasteiger partial charge in [0.15, 0.2) is 0 Å². The molecular weight excluding hydrogens is 366 g/mol. The highest BCUT2D eigenvalue weighted by Gasteiger charge is 2.25. The summed E-state index contributed by atoms with van der Waals surface area (Å²) in [6.07, 6.45) is 3.88. The SMILES string of the molecule is COc1c(C)cnc(Cn2nc([C@@H]3CCCNC3)n(-c3ccccc3)c2=O)c1C. The maximum absolute atomic E-state index is 13.4. The Morgan fingerprint density at radius 2 is 2.03 bits per heavy atom. The van der Waals surface area contributed by atoms with Gasteiger partial charge >= 0.3 is 5.69 Å². The van der Waals surface area contributed by atoms with Crippen LogP contribution in [0.2, 0.25) is 0 Å². The van der Waals surface area contributed by atoms with Crippen LogP contribution in [0.1, 0.15) is 41.4 Å². The van der Waals surface area contributed by atoms with E-state index in [2.05, 4.69) is 10.3 Å². The number of hydrogen-bond acceptors (Lipinski definition) is 5. The smallest absolute Gasteiger partial charge is 0.350 e. The van der Waals surface area contributed by atoms with Gasteiger partial charge < -0.3 is 10.1 Å². The second kappa shape index (κ2) is 8.21. The number of rotatable bonds is 5. The Hall–Kier alpha value is -2.93. The summed E-state index contributed by atoms with van der Waals surface area (Å²) in [6.45, 7) is 6.10. The van der Waals surface area contributed by atoms with Gasteiger partial charge in [0.05, 0.1) is 25.0 Å². The van der Waals surface area contributed by atoms with E-state index in [1.165, 1.54) is 4.68 Å². The molecule has 3 heterocycles. The molecule has 0 bridgehead atoms. The topological polar surface area (TPSA) is 74.0 Å². The number of pyridine rings is 1. The monoisotopic (exact) mass is 393 g/mol. The van der Waals surface area contributed by atoms with Crippen LogP contribution in [0.5, 0.6) is 5.75 Å². The van der Waals surface area contributed by atoms with Gasteiger partial charge in [-0.2, -0.15) is 5.10 Å². The molecule has 1 aromatic carbocycles. The first kappa shape index (κ1) is 19.4. The van der Waals surface area contributed by atoms with Crippen LogP contribution in [0.3, 0.4) is 0 Å². The first-order chi connectivity index (χ1) is 14.1. The summed E-state index contributed by atoms with van der Waals surface area (Å²) in [5, 5.41) is 8.20. The molecule has 0 unspecified atom stereocenters. The van der Waals surface area contributed by atoms with Crippen LogP contribution in [-0.2, 0) is 6.54 Å². The second-order valence-electron chi connectivity index (χ2n) is 7.56. The number of methoxy groups -OCH3 is 1. The molecule has 0 aliphatic carbocycles. The van der Waals surface area contributed by atoms with E-state index in [1.54, 1.807) is 17.9 Å². The van der Waals surface area contributed by atoms with Crippen LogP contribution in [0, 0.1) is 13.8 Å². The summed E-state index contributed by atoms with van der Waals surface area (Å²) in [5.74, 6) is 1.83. The molecule has 1 fully saturated rings. The molecule has 4 rings (SSSR count). The van der Waals surface area contributed by atoms with Crippen LogP contribution in [-0.4, -0.2) is 39.5 Å². The summed E-state index contributed by atoms with van der Waals surface area (Å²) in [7, 11) is 1.66. The van der Waals surface area contributed by atoms with E-state index in [0.29, 0.717) is 6.54 Å². The number of nitrogens with zero attached hydrogens (tertiary/aromatic N) is 4. The van der Waals surface area contributed by atoms with Gasteiger partial charge in [-0.05, 0) is 45.4 Å². The van der Waals surface area contributed by atoms with Crippen LogP contribution in [0.25, 0.3) is 5.69 Å². The summed E-state index contributed by atoms with van der Waals surface area (Å²) in [4.78, 5) is 17.9. The zero-order valence-electron chi connectivity index (χ0n) is 17.2. The first-order valence-electron chi connectivity index (χ1n) is 10.0. The van der Waals surface area contributed by atoms with Crippen LogP contribution >= 0.6 is 0 Å². The maximum atomic E-state index is 13.4. The lowest BCUT2D eigenvalue weighted by Crippen LogP contribution is -2.31. The first-order valence-corrected chi connectivity index (χ1v) is 10.0. The van der Waals surface area contributed by atoms with Gasteiger partial charge in [-0.25, -0.2) is 14.0 Å². The van der Waals surface area contributed by atoms with Crippen molar-refractivity contribution < 1.29 is 4.74 Å². The van der Waals surface area contributed by atoms with Crippen molar-refractivity contribution in [1.29, 1.82) is 0 Å². The van der Waals surface area contributed by atoms with Crippen molar-refractivity contribution in [2.75, 3.05) is 20.2 Å². The van der Waals surface area contributed by atoms with Gasteiger partial charge in [-0.1, -0.05) is 18.2 Å². The molecule has 152 valence electrons. The number of aromatic nitrogens is 4. The standard InChI is InChI=1S/C22H27N5O2/c1-15-12-24-19(16(2)20(15)29-3)14-26-22(28)27(18-9-5-4-6-10-18)21(25-26)17-8-7-11-23-13-17/h4-6,9-10,12,17,23H,7-8,11,13-14H2,1-3H3/t17-/m1/s1. The second-order valence-corrected chi connectivity index (χ2v) is 7.56. The molecule has 1 atom stereocenters. The van der Waals surface area contributed by atoms with E-state index in [1.807, 2.05) is 44.2 Å². The Kier molecular flexibility index (Phi) is 5.49. The van der Waals surface area contributed by atoms with Gasteiger partial charge in [-0.3, -0.25) is 4.98 Å². The Morgan fingerprint density at radius 1 is 1.24 bits per heavy atom. The van der Waals surface area contributed by atoms with Crippen molar-refractivity contribution in [1.82, 2.24) is 24.6 Å². The highest BCUT2D eigenvalue weighted by molar-refractivity contribution is 5.41. The minimum Gasteiger partial charge on any atom is -0.496 e. The van der Waals surface area contributed by atoms with E-state index in [4.69, 9.17) is 9.84 Å². The Morgan fingerprint density at radius 3 is 2.72 bits per heavy atom. The third-order valence-electron chi connectivity index (χ3n) is 5.59. The summed E-state index contributed by atoms with van der Waals surface area (Å²) in [6, 6.07) is 9.74. The van der Waals surface area contributed by atoms with Crippen molar-refractivity contribution in [3.05, 3.63) is 69.7 Å². The number of ether oxygens (including phenoxy) is 1. The van der Waals surface area contributed by atoms with Crippen molar-refractivity contribution in [3.8, 4) is 11.4 Å². The van der Waals surface area contributed by atoms with Crippen LogP contribution < -0.4 is 15.7 Å². The van der Waals surface area contributed by atoms with E-state index in [0.717, 1.165) is 60.0 Å². The molecule has 1 N–H and O–H groups in total. The molecule has 0 radical (unpaired) electrons. The normalized spacial score (nSPS) is 16.7. The van der Waals surface area contributed by atoms with Crippen LogP contribution in [0.4, 0.5) is 0 Å². The number of piperidine rings is 1. The molecule has 1 aliphatic rings. The number of hydrogen-bond donors (Lipinski definition) is 1. The molecule has 0 amide bonds. The maximum Gasteiger partial charge on any atom is 0.350 e. The quantitative estimate of drug-likeness (QED) is 0.721. The van der Waals surface area contributed by atoms with Gasteiger partial charge in [-0.15, -0.1) is 0 Å². The molecule has 1 aliphatic heterocycles. The van der Waals surface area contributed by atoms with Crippen molar-refractivity contribution >= 4 is 0 Å². The molecule has 29 heavy (non-hydrogen) atoms. The largest absolute Gasteiger partial charge is 0.496 e. The summed E-state index contributed by atoms with van der Waals surface area (Å²) in [5.41, 5.74) is 3.41. The fraction of sp³-hybridized carbons (Fsp3) is 0.409. The molecule has 7 nitrogen and oxygen atoms in total. The lowest BCUT2D eigenvalue weighted by atomic mass is 9.99. The van der Waals surface area contributed by atoms with E-state index in [-0.39, 0.29) is 11.6 Å². The molecule has 0 saturated carbocycles. The summed E-state index contributed by atoms with van der Waals surface area (Å²) >= 11 is 0. The van der Waals surface area contributed by atoms with Gasteiger partial charge in [0.25, 0.3) is 0 Å². The molecule has 2 aromatic heterocycles.